The van der Waals surface area contributed by atoms with Gasteiger partial charge in [0.1, 0.15) is 0 Å². The third kappa shape index (κ3) is 3.83. The number of hydrogen-bond acceptors (Lipinski definition) is 2. The van der Waals surface area contributed by atoms with Gasteiger partial charge in [-0.1, -0.05) is 45.0 Å². The lowest BCUT2D eigenvalue weighted by Gasteiger charge is -2.25. The molecule has 20 heavy (non-hydrogen) atoms. The summed E-state index contributed by atoms with van der Waals surface area (Å²) in [6.45, 7) is 9.92. The second kappa shape index (κ2) is 7.24. The Labute approximate surface area is 123 Å². The van der Waals surface area contributed by atoms with E-state index < -0.39 is 0 Å². The summed E-state index contributed by atoms with van der Waals surface area (Å²) in [6, 6.07) is 9.41. The molecule has 1 fully saturated rings. The van der Waals surface area contributed by atoms with Crippen molar-refractivity contribution in [2.24, 2.45) is 0 Å². The highest BCUT2D eigenvalue weighted by atomic mass is 16.5. The first-order valence-electron chi connectivity index (χ1n) is 8.10. The first-order chi connectivity index (χ1) is 9.61. The van der Waals surface area contributed by atoms with Crippen molar-refractivity contribution in [1.29, 1.82) is 0 Å². The van der Waals surface area contributed by atoms with Crippen molar-refractivity contribution in [1.82, 2.24) is 5.32 Å². The van der Waals surface area contributed by atoms with E-state index in [0.29, 0.717) is 24.2 Å². The van der Waals surface area contributed by atoms with Crippen molar-refractivity contribution in [2.45, 2.75) is 71.1 Å². The van der Waals surface area contributed by atoms with Gasteiger partial charge < -0.3 is 10.1 Å². The Kier molecular flexibility index (Phi) is 5.62. The molecule has 0 amide bonds. The number of ether oxygens (including phenoxy) is 1. The SMILES string of the molecule is CCCNC(c1ccc(C(C)C)cc1)C1CCC(C)O1. The number of nitrogens with one attached hydrogen (secondary N) is 1. The third-order valence-electron chi connectivity index (χ3n) is 4.21. The van der Waals surface area contributed by atoms with Crippen LogP contribution in [0.25, 0.3) is 0 Å². The van der Waals surface area contributed by atoms with Gasteiger partial charge >= 0.3 is 0 Å². The van der Waals surface area contributed by atoms with Crippen LogP contribution in [0.3, 0.4) is 0 Å². The molecular formula is C18H29NO. The lowest BCUT2D eigenvalue weighted by atomic mass is 9.95. The summed E-state index contributed by atoms with van der Waals surface area (Å²) in [6.07, 6.45) is 4.22. The Morgan fingerprint density at radius 2 is 1.80 bits per heavy atom. The molecule has 0 aliphatic carbocycles. The maximum absolute atomic E-state index is 6.09. The second-order valence-electron chi connectivity index (χ2n) is 6.32. The van der Waals surface area contributed by atoms with E-state index in [2.05, 4.69) is 57.3 Å². The van der Waals surface area contributed by atoms with Crippen LogP contribution in [-0.2, 0) is 4.74 Å². The number of hydrogen-bond donors (Lipinski definition) is 1. The summed E-state index contributed by atoms with van der Waals surface area (Å²) >= 11 is 0. The molecule has 1 aliphatic rings. The molecule has 0 bridgehead atoms. The molecule has 1 saturated heterocycles. The van der Waals surface area contributed by atoms with Gasteiger partial charge in [0.15, 0.2) is 0 Å². The molecule has 0 aromatic heterocycles. The minimum Gasteiger partial charge on any atom is -0.373 e. The number of rotatable bonds is 6. The van der Waals surface area contributed by atoms with Crippen molar-refractivity contribution in [3.05, 3.63) is 35.4 Å². The molecule has 3 unspecified atom stereocenters. The van der Waals surface area contributed by atoms with Crippen LogP contribution in [0.5, 0.6) is 0 Å². The highest BCUT2D eigenvalue weighted by molar-refractivity contribution is 5.27. The molecule has 112 valence electrons. The molecule has 0 saturated carbocycles. The van der Waals surface area contributed by atoms with Gasteiger partial charge in [0, 0.05) is 0 Å². The largest absolute Gasteiger partial charge is 0.373 e. The van der Waals surface area contributed by atoms with E-state index in [-0.39, 0.29) is 0 Å². The van der Waals surface area contributed by atoms with Crippen LogP contribution in [0.2, 0.25) is 0 Å². The maximum Gasteiger partial charge on any atom is 0.0774 e. The van der Waals surface area contributed by atoms with Crippen molar-refractivity contribution < 1.29 is 4.74 Å². The first kappa shape index (κ1) is 15.5. The summed E-state index contributed by atoms with van der Waals surface area (Å²) in [5, 5.41) is 3.67. The topological polar surface area (TPSA) is 21.3 Å². The van der Waals surface area contributed by atoms with E-state index in [0.717, 1.165) is 19.4 Å². The van der Waals surface area contributed by atoms with Crippen LogP contribution in [0.1, 0.15) is 70.0 Å². The predicted octanol–water partition coefficient (Wildman–Crippen LogP) is 4.42. The van der Waals surface area contributed by atoms with Crippen LogP contribution in [-0.4, -0.2) is 18.8 Å². The predicted molar refractivity (Wildman–Crippen MR) is 85.1 cm³/mol. The van der Waals surface area contributed by atoms with Crippen LogP contribution >= 0.6 is 0 Å². The van der Waals surface area contributed by atoms with Gasteiger partial charge in [-0.25, -0.2) is 0 Å². The lowest BCUT2D eigenvalue weighted by molar-refractivity contribution is 0.0316. The molecule has 1 N–H and O–H groups in total. The fraction of sp³-hybridized carbons (Fsp3) is 0.667. The standard InChI is InChI=1S/C18H29NO/c1-5-12-19-18(17-11-6-14(4)20-17)16-9-7-15(8-10-16)13(2)3/h7-10,13-14,17-19H,5-6,11-12H2,1-4H3. The van der Waals surface area contributed by atoms with E-state index in [9.17, 15) is 0 Å². The highest BCUT2D eigenvalue weighted by Crippen LogP contribution is 2.30. The van der Waals surface area contributed by atoms with Gasteiger partial charge in [-0.15, -0.1) is 0 Å². The van der Waals surface area contributed by atoms with Gasteiger partial charge in [0.05, 0.1) is 18.2 Å². The molecule has 1 aromatic rings. The zero-order valence-corrected chi connectivity index (χ0v) is 13.4. The normalized spacial score (nSPS) is 24.2. The molecular weight excluding hydrogens is 246 g/mol. The van der Waals surface area contributed by atoms with Gasteiger partial charge in [0.2, 0.25) is 0 Å². The van der Waals surface area contributed by atoms with Crippen LogP contribution in [0, 0.1) is 0 Å². The van der Waals surface area contributed by atoms with Gasteiger partial charge in [-0.05, 0) is 49.8 Å². The zero-order valence-electron chi connectivity index (χ0n) is 13.4. The van der Waals surface area contributed by atoms with Crippen molar-refractivity contribution in [2.75, 3.05) is 6.54 Å². The number of benzene rings is 1. The van der Waals surface area contributed by atoms with E-state index in [1.54, 1.807) is 0 Å². The molecule has 3 atom stereocenters. The monoisotopic (exact) mass is 275 g/mol. The molecule has 0 spiro atoms. The third-order valence-corrected chi connectivity index (χ3v) is 4.21. The zero-order chi connectivity index (χ0) is 14.5. The quantitative estimate of drug-likeness (QED) is 0.830. The summed E-state index contributed by atoms with van der Waals surface area (Å²) in [4.78, 5) is 0. The average Bonchev–Trinajstić information content (AvgIpc) is 2.86. The van der Waals surface area contributed by atoms with Crippen LogP contribution < -0.4 is 5.32 Å². The Morgan fingerprint density at radius 3 is 2.30 bits per heavy atom. The Hall–Kier alpha value is -0.860. The van der Waals surface area contributed by atoms with E-state index >= 15 is 0 Å². The smallest absolute Gasteiger partial charge is 0.0774 e. The van der Waals surface area contributed by atoms with Gasteiger partial charge in [-0.3, -0.25) is 0 Å². The average molecular weight is 275 g/mol. The van der Waals surface area contributed by atoms with E-state index in [1.165, 1.54) is 17.5 Å². The summed E-state index contributed by atoms with van der Waals surface area (Å²) in [7, 11) is 0. The maximum atomic E-state index is 6.09. The lowest BCUT2D eigenvalue weighted by Crippen LogP contribution is -2.32. The first-order valence-corrected chi connectivity index (χ1v) is 8.10. The minimum absolute atomic E-state index is 0.321. The van der Waals surface area contributed by atoms with Crippen LogP contribution in [0.4, 0.5) is 0 Å². The Balaban J connectivity index is 2.12. The van der Waals surface area contributed by atoms with Crippen molar-refractivity contribution >= 4 is 0 Å². The van der Waals surface area contributed by atoms with Crippen molar-refractivity contribution in [3.63, 3.8) is 0 Å². The molecule has 1 heterocycles. The molecule has 2 heteroatoms. The fourth-order valence-electron chi connectivity index (χ4n) is 2.93. The van der Waals surface area contributed by atoms with Crippen molar-refractivity contribution in [3.8, 4) is 0 Å². The van der Waals surface area contributed by atoms with Gasteiger partial charge in [0.25, 0.3) is 0 Å². The second-order valence-corrected chi connectivity index (χ2v) is 6.32. The minimum atomic E-state index is 0.321. The summed E-state index contributed by atoms with van der Waals surface area (Å²) < 4.78 is 6.09. The van der Waals surface area contributed by atoms with Crippen LogP contribution in [0.15, 0.2) is 24.3 Å². The molecule has 2 rings (SSSR count). The Bertz CT molecular complexity index is 398. The van der Waals surface area contributed by atoms with E-state index in [4.69, 9.17) is 4.74 Å². The molecule has 1 aromatic carbocycles. The van der Waals surface area contributed by atoms with Gasteiger partial charge in [-0.2, -0.15) is 0 Å². The summed E-state index contributed by atoms with van der Waals surface area (Å²) in [5.41, 5.74) is 2.77. The molecule has 1 aliphatic heterocycles. The summed E-state index contributed by atoms with van der Waals surface area (Å²) in [5.74, 6) is 0.592. The highest BCUT2D eigenvalue weighted by Gasteiger charge is 2.30. The molecule has 2 nitrogen and oxygen atoms in total. The Morgan fingerprint density at radius 1 is 1.15 bits per heavy atom. The fourth-order valence-corrected chi connectivity index (χ4v) is 2.93. The molecule has 0 radical (unpaired) electrons. The van der Waals surface area contributed by atoms with E-state index in [1.807, 2.05) is 0 Å².